The summed E-state index contributed by atoms with van der Waals surface area (Å²) in [4.78, 5) is 38.6. The summed E-state index contributed by atoms with van der Waals surface area (Å²) >= 11 is 1.27. The molecule has 0 saturated carbocycles. The molecule has 0 unspecified atom stereocenters. The van der Waals surface area contributed by atoms with Crippen LogP contribution in [-0.2, 0) is 14.3 Å². The van der Waals surface area contributed by atoms with Crippen LogP contribution in [0.15, 0.2) is 77.3 Å². The molecule has 0 aliphatic rings. The number of methoxy groups -OCH3 is 4. The molecule has 2 amide bonds. The van der Waals surface area contributed by atoms with Gasteiger partial charge in [0.1, 0.15) is 11.4 Å². The molecule has 0 bridgehead atoms. The Morgan fingerprint density at radius 2 is 1.50 bits per heavy atom. The Hall–Kier alpha value is -4.44. The predicted molar refractivity (Wildman–Crippen MR) is 146 cm³/mol. The van der Waals surface area contributed by atoms with Crippen molar-refractivity contribution >= 4 is 41.3 Å². The summed E-state index contributed by atoms with van der Waals surface area (Å²) in [7, 11) is 5.81. The molecule has 38 heavy (non-hydrogen) atoms. The van der Waals surface area contributed by atoms with Crippen LogP contribution >= 0.6 is 11.8 Å². The number of esters is 1. The Balaban J connectivity index is 1.96. The zero-order valence-electron chi connectivity index (χ0n) is 21.4. The molecule has 9 nitrogen and oxygen atoms in total. The van der Waals surface area contributed by atoms with Gasteiger partial charge < -0.3 is 29.6 Å². The van der Waals surface area contributed by atoms with Gasteiger partial charge in [0.2, 0.25) is 0 Å². The Bertz CT molecular complexity index is 1330. The number of thioether (sulfide) groups is 1. The van der Waals surface area contributed by atoms with Gasteiger partial charge in [0, 0.05) is 27.8 Å². The van der Waals surface area contributed by atoms with Crippen molar-refractivity contribution in [2.75, 3.05) is 39.5 Å². The van der Waals surface area contributed by atoms with Crippen molar-refractivity contribution in [1.29, 1.82) is 0 Å². The van der Waals surface area contributed by atoms with Crippen LogP contribution < -0.4 is 24.8 Å². The second kappa shape index (κ2) is 13.8. The zero-order valence-corrected chi connectivity index (χ0v) is 22.2. The van der Waals surface area contributed by atoms with Gasteiger partial charge in [-0.2, -0.15) is 0 Å². The number of ether oxygens (including phenoxy) is 4. The standard InChI is InChI=1S/C28H28N2O7S/c1-34-23-16-25(36-3)24(35-2)14-19(23)13-22(30-27(32)18-9-6-5-7-10-18)28(33)29-20-11-8-12-21(15-20)38-17-26(31)37-4/h5-16H,17H2,1-4H3,(H,29,33)(H,30,32)/b22-13+. The molecule has 0 aliphatic carbocycles. The van der Waals surface area contributed by atoms with Crippen molar-refractivity contribution in [3.63, 3.8) is 0 Å². The fraction of sp³-hybridized carbons (Fsp3) is 0.179. The molecular weight excluding hydrogens is 508 g/mol. The fourth-order valence-electron chi connectivity index (χ4n) is 3.33. The van der Waals surface area contributed by atoms with Gasteiger partial charge in [-0.15, -0.1) is 11.8 Å². The molecule has 3 aromatic rings. The van der Waals surface area contributed by atoms with Gasteiger partial charge >= 0.3 is 5.97 Å². The highest BCUT2D eigenvalue weighted by molar-refractivity contribution is 8.00. The van der Waals surface area contributed by atoms with Crippen LogP contribution in [0.2, 0.25) is 0 Å². The molecule has 0 heterocycles. The van der Waals surface area contributed by atoms with Crippen molar-refractivity contribution in [2.24, 2.45) is 0 Å². The first-order valence-electron chi connectivity index (χ1n) is 11.4. The number of nitrogens with one attached hydrogen (secondary N) is 2. The van der Waals surface area contributed by atoms with Gasteiger partial charge in [-0.05, 0) is 42.5 Å². The predicted octanol–water partition coefficient (Wildman–Crippen LogP) is 4.39. The SMILES string of the molecule is COC(=O)CSc1cccc(NC(=O)/C(=C\c2cc(OC)c(OC)cc2OC)NC(=O)c2ccccc2)c1. The van der Waals surface area contributed by atoms with Crippen LogP contribution in [0.1, 0.15) is 15.9 Å². The van der Waals surface area contributed by atoms with Crippen LogP contribution in [0.3, 0.4) is 0 Å². The Morgan fingerprint density at radius 3 is 2.16 bits per heavy atom. The summed E-state index contributed by atoms with van der Waals surface area (Å²) in [5, 5.41) is 5.50. The molecule has 10 heteroatoms. The second-order valence-corrected chi connectivity index (χ2v) is 8.72. The van der Waals surface area contributed by atoms with Crippen LogP contribution in [0, 0.1) is 0 Å². The number of rotatable bonds is 11. The molecule has 0 aliphatic heterocycles. The second-order valence-electron chi connectivity index (χ2n) is 7.67. The molecule has 0 atom stereocenters. The smallest absolute Gasteiger partial charge is 0.315 e. The molecule has 0 fully saturated rings. The van der Waals surface area contributed by atoms with Gasteiger partial charge in [0.25, 0.3) is 11.8 Å². The average Bonchev–Trinajstić information content (AvgIpc) is 2.95. The highest BCUT2D eigenvalue weighted by Gasteiger charge is 2.18. The molecule has 3 aromatic carbocycles. The van der Waals surface area contributed by atoms with E-state index in [1.54, 1.807) is 60.7 Å². The van der Waals surface area contributed by atoms with Crippen LogP contribution in [0.25, 0.3) is 6.08 Å². The zero-order chi connectivity index (χ0) is 27.5. The lowest BCUT2D eigenvalue weighted by Gasteiger charge is -2.15. The number of benzene rings is 3. The third kappa shape index (κ3) is 7.53. The number of carbonyl (C=O) groups is 3. The first-order valence-corrected chi connectivity index (χ1v) is 12.4. The van der Waals surface area contributed by atoms with Gasteiger partial charge in [-0.25, -0.2) is 0 Å². The molecule has 0 radical (unpaired) electrons. The van der Waals surface area contributed by atoms with Crippen LogP contribution in [-0.4, -0.2) is 52.0 Å². The number of hydrogen-bond acceptors (Lipinski definition) is 8. The van der Waals surface area contributed by atoms with E-state index in [0.717, 1.165) is 4.90 Å². The maximum Gasteiger partial charge on any atom is 0.315 e. The molecule has 3 rings (SSSR count). The highest BCUT2D eigenvalue weighted by Crippen LogP contribution is 2.35. The lowest BCUT2D eigenvalue weighted by molar-refractivity contribution is -0.137. The average molecular weight is 537 g/mol. The number of carbonyl (C=O) groups excluding carboxylic acids is 3. The monoisotopic (exact) mass is 536 g/mol. The summed E-state index contributed by atoms with van der Waals surface area (Å²) in [6.07, 6.45) is 1.49. The van der Waals surface area contributed by atoms with E-state index < -0.39 is 11.8 Å². The fourth-order valence-corrected chi connectivity index (χ4v) is 4.11. The number of hydrogen-bond donors (Lipinski definition) is 2. The van der Waals surface area contributed by atoms with E-state index in [0.29, 0.717) is 34.1 Å². The van der Waals surface area contributed by atoms with E-state index in [9.17, 15) is 14.4 Å². The molecule has 0 spiro atoms. The Labute approximate surface area is 225 Å². The highest BCUT2D eigenvalue weighted by atomic mass is 32.2. The minimum Gasteiger partial charge on any atom is -0.496 e. The van der Waals surface area contributed by atoms with Crippen molar-refractivity contribution < 1.29 is 33.3 Å². The normalized spacial score (nSPS) is 10.8. The summed E-state index contributed by atoms with van der Waals surface area (Å²) in [6, 6.07) is 18.8. The summed E-state index contributed by atoms with van der Waals surface area (Å²) in [6.45, 7) is 0. The first kappa shape index (κ1) is 28.1. The van der Waals surface area contributed by atoms with Crippen molar-refractivity contribution in [2.45, 2.75) is 4.90 Å². The summed E-state index contributed by atoms with van der Waals surface area (Å²) in [5.41, 5.74) is 1.30. The minimum atomic E-state index is -0.568. The Kier molecular flexibility index (Phi) is 10.2. The summed E-state index contributed by atoms with van der Waals surface area (Å²) < 4.78 is 20.9. The maximum absolute atomic E-state index is 13.4. The van der Waals surface area contributed by atoms with E-state index in [2.05, 4.69) is 15.4 Å². The van der Waals surface area contributed by atoms with E-state index >= 15 is 0 Å². The van der Waals surface area contributed by atoms with Crippen molar-refractivity contribution in [3.05, 3.63) is 83.6 Å². The summed E-state index contributed by atoms with van der Waals surface area (Å²) in [5.74, 6) is 0.0112. The number of amides is 2. The third-order valence-electron chi connectivity index (χ3n) is 5.24. The maximum atomic E-state index is 13.4. The van der Waals surface area contributed by atoms with Crippen molar-refractivity contribution in [1.82, 2.24) is 5.32 Å². The van der Waals surface area contributed by atoms with Crippen molar-refractivity contribution in [3.8, 4) is 17.2 Å². The van der Waals surface area contributed by atoms with E-state index in [4.69, 9.17) is 14.2 Å². The quantitative estimate of drug-likeness (QED) is 0.211. The molecular formula is C28H28N2O7S. The lowest BCUT2D eigenvalue weighted by Crippen LogP contribution is -2.30. The third-order valence-corrected chi connectivity index (χ3v) is 6.21. The van der Waals surface area contributed by atoms with Gasteiger partial charge in [0.05, 0.1) is 34.2 Å². The van der Waals surface area contributed by atoms with Crippen LogP contribution in [0.5, 0.6) is 17.2 Å². The molecule has 198 valence electrons. The largest absolute Gasteiger partial charge is 0.496 e. The molecule has 0 aromatic heterocycles. The molecule has 2 N–H and O–H groups in total. The number of anilines is 1. The molecule has 0 saturated heterocycles. The van der Waals surface area contributed by atoms with Crippen LogP contribution in [0.4, 0.5) is 5.69 Å². The van der Waals surface area contributed by atoms with Gasteiger partial charge in [-0.1, -0.05) is 24.3 Å². The van der Waals surface area contributed by atoms with Gasteiger partial charge in [-0.3, -0.25) is 14.4 Å². The van der Waals surface area contributed by atoms with Gasteiger partial charge in [0.15, 0.2) is 11.5 Å². The Morgan fingerprint density at radius 1 is 0.816 bits per heavy atom. The first-order chi connectivity index (χ1) is 18.4. The van der Waals surface area contributed by atoms with E-state index in [1.165, 1.54) is 46.3 Å². The van der Waals surface area contributed by atoms with E-state index in [-0.39, 0.29) is 17.4 Å². The minimum absolute atomic E-state index is 0.0306. The van der Waals surface area contributed by atoms with E-state index in [1.807, 2.05) is 6.07 Å². The lowest BCUT2D eigenvalue weighted by atomic mass is 10.1. The topological polar surface area (TPSA) is 112 Å².